The van der Waals surface area contributed by atoms with E-state index in [0.717, 1.165) is 58.2 Å². The predicted octanol–water partition coefficient (Wildman–Crippen LogP) is 6.27. The molecule has 0 amide bonds. The minimum absolute atomic E-state index is 0.0519. The number of pyridine rings is 1. The van der Waals surface area contributed by atoms with Gasteiger partial charge in [0.15, 0.2) is 0 Å². The van der Waals surface area contributed by atoms with Gasteiger partial charge in [-0.1, -0.05) is 48.7 Å². The molecule has 6 nitrogen and oxygen atoms in total. The number of carboxylic acids is 1. The molecule has 1 aromatic carbocycles. The Kier molecular flexibility index (Phi) is 5.71. The second-order valence-corrected chi connectivity index (χ2v) is 9.44. The van der Waals surface area contributed by atoms with Gasteiger partial charge in [-0.2, -0.15) is 0 Å². The third-order valence-corrected chi connectivity index (χ3v) is 6.84. The molecule has 176 valence electrons. The molecule has 1 aliphatic carbocycles. The summed E-state index contributed by atoms with van der Waals surface area (Å²) in [5.74, 6) is -0.161. The highest BCUT2D eigenvalue weighted by Crippen LogP contribution is 2.38. The summed E-state index contributed by atoms with van der Waals surface area (Å²) >= 11 is 0. The van der Waals surface area contributed by atoms with Gasteiger partial charge in [-0.25, -0.2) is 4.39 Å². The summed E-state index contributed by atoms with van der Waals surface area (Å²) in [6.07, 6.45) is 7.73. The van der Waals surface area contributed by atoms with Crippen molar-refractivity contribution < 1.29 is 18.8 Å². The quantitative estimate of drug-likeness (QED) is 0.366. The molecule has 0 aliphatic heterocycles. The number of fused-ring (bicyclic) bond motifs is 1. The van der Waals surface area contributed by atoms with Crippen LogP contribution in [0.1, 0.15) is 49.1 Å². The van der Waals surface area contributed by atoms with E-state index in [9.17, 15) is 9.90 Å². The van der Waals surface area contributed by atoms with Gasteiger partial charge in [0.1, 0.15) is 11.4 Å². The third-order valence-electron chi connectivity index (χ3n) is 6.84. The number of nitrogens with zero attached hydrogens (tertiary/aromatic N) is 3. The molecule has 0 spiro atoms. The highest BCUT2D eigenvalue weighted by Gasteiger charge is 2.33. The lowest BCUT2D eigenvalue weighted by atomic mass is 9.86. The topological polar surface area (TPSA) is 81.2 Å². The van der Waals surface area contributed by atoms with Crippen LogP contribution in [0.4, 0.5) is 4.39 Å². The number of benzene rings is 1. The average molecular weight is 462 g/mol. The molecular weight excluding hydrogens is 433 g/mol. The Morgan fingerprint density at radius 2 is 1.97 bits per heavy atom. The summed E-state index contributed by atoms with van der Waals surface area (Å²) in [5, 5.41) is 13.3. The molecule has 0 saturated heterocycles. The van der Waals surface area contributed by atoms with Crippen LogP contribution in [0, 0.1) is 13.8 Å². The Morgan fingerprint density at radius 3 is 2.68 bits per heavy atom. The van der Waals surface area contributed by atoms with Crippen molar-refractivity contribution >= 4 is 17.0 Å². The maximum atomic E-state index is 15.8. The van der Waals surface area contributed by atoms with Gasteiger partial charge < -0.3 is 14.2 Å². The van der Waals surface area contributed by atoms with Crippen molar-refractivity contribution in [2.24, 2.45) is 0 Å². The molecule has 3 aromatic heterocycles. The maximum Gasteiger partial charge on any atom is 0.307 e. The lowest BCUT2D eigenvalue weighted by Gasteiger charge is -2.30. The Hall–Kier alpha value is -3.48. The van der Waals surface area contributed by atoms with Crippen molar-refractivity contribution in [3.8, 4) is 22.3 Å². The summed E-state index contributed by atoms with van der Waals surface area (Å²) in [4.78, 5) is 16.0. The molecule has 1 aliphatic rings. The fraction of sp³-hybridized carbons (Fsp3) is 0.370. The zero-order valence-corrected chi connectivity index (χ0v) is 19.5. The number of carboxylic acid groups (broad SMARTS) is 1. The van der Waals surface area contributed by atoms with Crippen molar-refractivity contribution in [2.45, 2.75) is 64.6 Å². The molecule has 0 unspecified atom stereocenters. The standard InChI is InChI=1S/C27H28FN3O3/c1-17-25(18(2)34-30-17)21-13-23-26(29-14-21)22(20-8-6-7-19(11-20)12-24(32)33)15-31(23)16-27(28)9-4-3-5-10-27/h6-8,11,13-15H,3-5,9-10,12,16H2,1-2H3,(H,32,33). The van der Waals surface area contributed by atoms with Crippen molar-refractivity contribution in [1.29, 1.82) is 0 Å². The van der Waals surface area contributed by atoms with Crippen LogP contribution in [0.5, 0.6) is 0 Å². The van der Waals surface area contributed by atoms with Crippen LogP contribution in [-0.4, -0.2) is 31.5 Å². The summed E-state index contributed by atoms with van der Waals surface area (Å²) in [6.45, 7) is 4.04. The van der Waals surface area contributed by atoms with Gasteiger partial charge >= 0.3 is 5.97 Å². The van der Waals surface area contributed by atoms with Crippen LogP contribution >= 0.6 is 0 Å². The van der Waals surface area contributed by atoms with E-state index in [1.165, 1.54) is 0 Å². The molecular formula is C27H28FN3O3. The van der Waals surface area contributed by atoms with E-state index >= 15 is 4.39 Å². The van der Waals surface area contributed by atoms with Crippen molar-refractivity contribution in [1.82, 2.24) is 14.7 Å². The number of rotatable bonds is 6. The Morgan fingerprint density at radius 1 is 1.18 bits per heavy atom. The first-order valence-corrected chi connectivity index (χ1v) is 11.8. The third kappa shape index (κ3) is 4.22. The fourth-order valence-corrected chi connectivity index (χ4v) is 5.21. The molecule has 4 aromatic rings. The number of aliphatic carboxylic acids is 1. The van der Waals surface area contributed by atoms with Gasteiger partial charge in [-0.15, -0.1) is 0 Å². The van der Waals surface area contributed by atoms with Crippen molar-refractivity contribution in [2.75, 3.05) is 0 Å². The van der Waals surface area contributed by atoms with Gasteiger partial charge in [-0.3, -0.25) is 9.78 Å². The fourth-order valence-electron chi connectivity index (χ4n) is 5.21. The van der Waals surface area contributed by atoms with E-state index in [2.05, 4.69) is 5.16 Å². The van der Waals surface area contributed by atoms with Gasteiger partial charge in [-0.05, 0) is 43.9 Å². The average Bonchev–Trinajstić information content (AvgIpc) is 3.32. The molecule has 5 rings (SSSR count). The molecule has 0 atom stereocenters. The second kappa shape index (κ2) is 8.70. The Balaban J connectivity index is 1.65. The smallest absolute Gasteiger partial charge is 0.307 e. The summed E-state index contributed by atoms with van der Waals surface area (Å²) in [5.41, 5.74) is 5.39. The van der Waals surface area contributed by atoms with Crippen molar-refractivity contribution in [3.05, 3.63) is 59.7 Å². The zero-order valence-electron chi connectivity index (χ0n) is 19.5. The van der Waals surface area contributed by atoms with Gasteiger partial charge in [0, 0.05) is 29.1 Å². The van der Waals surface area contributed by atoms with Crippen LogP contribution in [0.25, 0.3) is 33.3 Å². The van der Waals surface area contributed by atoms with E-state index in [0.29, 0.717) is 24.2 Å². The molecule has 1 N–H and O–H groups in total. The summed E-state index contributed by atoms with van der Waals surface area (Å²) in [7, 11) is 0. The van der Waals surface area contributed by atoms with Crippen LogP contribution in [0.15, 0.2) is 47.2 Å². The molecule has 34 heavy (non-hydrogen) atoms. The van der Waals surface area contributed by atoms with Crippen molar-refractivity contribution in [3.63, 3.8) is 0 Å². The number of aromatic nitrogens is 3. The number of alkyl halides is 1. The monoisotopic (exact) mass is 461 g/mol. The first-order chi connectivity index (χ1) is 16.3. The highest BCUT2D eigenvalue weighted by atomic mass is 19.1. The first-order valence-electron chi connectivity index (χ1n) is 11.8. The molecule has 1 saturated carbocycles. The lowest BCUT2D eigenvalue weighted by molar-refractivity contribution is -0.136. The van der Waals surface area contributed by atoms with E-state index in [1.807, 2.05) is 48.9 Å². The zero-order chi connectivity index (χ0) is 23.9. The highest BCUT2D eigenvalue weighted by molar-refractivity contribution is 5.95. The SMILES string of the molecule is Cc1noc(C)c1-c1cnc2c(-c3cccc(CC(=O)O)c3)cn(CC3(F)CCCCC3)c2c1. The predicted molar refractivity (Wildman–Crippen MR) is 128 cm³/mol. The van der Waals surface area contributed by atoms with Crippen LogP contribution < -0.4 is 0 Å². The molecule has 7 heteroatoms. The Labute approximate surface area is 197 Å². The maximum absolute atomic E-state index is 15.8. The normalized spacial score (nSPS) is 15.6. The number of hydrogen-bond donors (Lipinski definition) is 1. The van der Waals surface area contributed by atoms with E-state index in [4.69, 9.17) is 9.51 Å². The largest absolute Gasteiger partial charge is 0.481 e. The molecule has 1 fully saturated rings. The van der Waals surface area contributed by atoms with Gasteiger partial charge in [0.25, 0.3) is 0 Å². The second-order valence-electron chi connectivity index (χ2n) is 9.44. The van der Waals surface area contributed by atoms with E-state index in [1.54, 1.807) is 12.3 Å². The minimum Gasteiger partial charge on any atom is -0.481 e. The lowest BCUT2D eigenvalue weighted by Crippen LogP contribution is -2.31. The van der Waals surface area contributed by atoms with Gasteiger partial charge in [0.2, 0.25) is 0 Å². The van der Waals surface area contributed by atoms with E-state index in [-0.39, 0.29) is 13.0 Å². The number of halogens is 1. The molecule has 0 bridgehead atoms. The van der Waals surface area contributed by atoms with Gasteiger partial charge in [0.05, 0.1) is 29.7 Å². The minimum atomic E-state index is -1.24. The molecule has 3 heterocycles. The number of hydrogen-bond acceptors (Lipinski definition) is 4. The molecule has 0 radical (unpaired) electrons. The number of aryl methyl sites for hydroxylation is 2. The van der Waals surface area contributed by atoms with E-state index < -0.39 is 11.6 Å². The van der Waals surface area contributed by atoms with Crippen LogP contribution in [0.3, 0.4) is 0 Å². The summed E-state index contributed by atoms with van der Waals surface area (Å²) < 4.78 is 23.1. The van der Waals surface area contributed by atoms with Crippen LogP contribution in [0.2, 0.25) is 0 Å². The van der Waals surface area contributed by atoms with Crippen LogP contribution in [-0.2, 0) is 17.8 Å². The number of carbonyl (C=O) groups is 1. The summed E-state index contributed by atoms with van der Waals surface area (Å²) in [6, 6.07) is 9.51. The Bertz CT molecular complexity index is 1350. The first kappa shape index (κ1) is 22.3.